The summed E-state index contributed by atoms with van der Waals surface area (Å²) < 4.78 is 13.6. The molecule has 1 aromatic rings. The van der Waals surface area contributed by atoms with Crippen molar-refractivity contribution < 1.29 is 4.39 Å². The van der Waals surface area contributed by atoms with E-state index >= 15 is 0 Å². The van der Waals surface area contributed by atoms with Crippen molar-refractivity contribution in [3.05, 3.63) is 23.5 Å². The number of halogens is 1. The second kappa shape index (κ2) is 3.56. The first-order chi connectivity index (χ1) is 7.81. The molecule has 0 saturated carbocycles. The van der Waals surface area contributed by atoms with Crippen molar-refractivity contribution in [1.82, 2.24) is 0 Å². The third-order valence-electron chi connectivity index (χ3n) is 3.04. The van der Waals surface area contributed by atoms with Gasteiger partial charge in [-0.3, -0.25) is 0 Å². The zero-order valence-corrected chi connectivity index (χ0v) is 9.35. The Morgan fingerprint density at radius 2 is 2.44 bits per heavy atom. The van der Waals surface area contributed by atoms with Gasteiger partial charge in [0.05, 0.1) is 23.3 Å². The van der Waals surface area contributed by atoms with Crippen LogP contribution in [-0.4, -0.2) is 24.2 Å². The molecule has 1 fully saturated rings. The first kappa shape index (κ1) is 9.79. The van der Waals surface area contributed by atoms with Crippen molar-refractivity contribution in [2.45, 2.75) is 6.04 Å². The Kier molecular flexibility index (Phi) is 2.18. The maximum atomic E-state index is 13.6. The smallest absolute Gasteiger partial charge is 0.143 e. The molecular formula is C11H10FN3S. The minimum Gasteiger partial charge on any atom is -0.381 e. The number of nitrogens with one attached hydrogen (secondary N) is 1. The topological polar surface area (TPSA) is 39.1 Å². The molecule has 2 heterocycles. The quantitative estimate of drug-likeness (QED) is 0.746. The van der Waals surface area contributed by atoms with Gasteiger partial charge in [0.25, 0.3) is 0 Å². The fourth-order valence-corrected chi connectivity index (χ4v) is 3.45. The number of hydrogen-bond acceptors (Lipinski definition) is 4. The van der Waals surface area contributed by atoms with Crippen molar-refractivity contribution in [3.8, 4) is 6.07 Å². The number of fused-ring (bicyclic) bond motifs is 3. The van der Waals surface area contributed by atoms with Gasteiger partial charge in [-0.25, -0.2) is 4.39 Å². The zero-order chi connectivity index (χ0) is 11.1. The number of hydrogen-bond donors (Lipinski definition) is 1. The van der Waals surface area contributed by atoms with E-state index in [1.165, 1.54) is 6.07 Å². The fraction of sp³-hybridized carbons (Fsp3) is 0.364. The van der Waals surface area contributed by atoms with Gasteiger partial charge in [-0.05, 0) is 12.1 Å². The molecule has 0 unspecified atom stereocenters. The summed E-state index contributed by atoms with van der Waals surface area (Å²) in [5, 5.41) is 12.3. The average molecular weight is 235 g/mol. The Hall–Kier alpha value is -1.41. The number of benzene rings is 1. The molecule has 1 N–H and O–H groups in total. The van der Waals surface area contributed by atoms with E-state index in [1.807, 2.05) is 17.8 Å². The Morgan fingerprint density at radius 3 is 3.25 bits per heavy atom. The highest BCUT2D eigenvalue weighted by atomic mass is 32.2. The largest absolute Gasteiger partial charge is 0.381 e. The van der Waals surface area contributed by atoms with Gasteiger partial charge in [-0.1, -0.05) is 0 Å². The highest BCUT2D eigenvalue weighted by Crippen LogP contribution is 2.40. The Labute approximate surface area is 97.2 Å². The molecule has 5 heteroatoms. The Morgan fingerprint density at radius 1 is 1.56 bits per heavy atom. The van der Waals surface area contributed by atoms with Gasteiger partial charge in [0.15, 0.2) is 0 Å². The number of rotatable bonds is 0. The highest BCUT2D eigenvalue weighted by Gasteiger charge is 2.33. The van der Waals surface area contributed by atoms with Gasteiger partial charge in [-0.15, -0.1) is 11.8 Å². The standard InChI is InChI=1S/C11H10FN3S/c12-9-1-2-10-11(8(9)3-13)15-6-16-5-7(15)4-14-10/h1-2,7,14H,4-6H2/t7-/m0/s1. The lowest BCUT2D eigenvalue weighted by molar-refractivity contribution is 0.620. The second-order valence-corrected chi connectivity index (χ2v) is 4.93. The van der Waals surface area contributed by atoms with Crippen LogP contribution in [-0.2, 0) is 0 Å². The molecule has 0 bridgehead atoms. The van der Waals surface area contributed by atoms with Gasteiger partial charge in [-0.2, -0.15) is 5.26 Å². The molecule has 1 atom stereocenters. The van der Waals surface area contributed by atoms with Crippen LogP contribution in [0.2, 0.25) is 0 Å². The maximum absolute atomic E-state index is 13.6. The molecule has 2 aliphatic heterocycles. The van der Waals surface area contributed by atoms with Gasteiger partial charge < -0.3 is 10.2 Å². The van der Waals surface area contributed by atoms with Gasteiger partial charge in [0.1, 0.15) is 17.4 Å². The monoisotopic (exact) mass is 235 g/mol. The molecule has 3 nitrogen and oxygen atoms in total. The summed E-state index contributed by atoms with van der Waals surface area (Å²) in [6.45, 7) is 0.872. The van der Waals surface area contributed by atoms with Crippen LogP contribution in [0.25, 0.3) is 0 Å². The maximum Gasteiger partial charge on any atom is 0.143 e. The molecule has 82 valence electrons. The lowest BCUT2D eigenvalue weighted by Crippen LogP contribution is -2.41. The first-order valence-electron chi connectivity index (χ1n) is 5.12. The number of thioether (sulfide) groups is 1. The van der Waals surface area contributed by atoms with E-state index in [1.54, 1.807) is 6.07 Å². The van der Waals surface area contributed by atoms with E-state index in [9.17, 15) is 4.39 Å². The molecular weight excluding hydrogens is 225 g/mol. The molecule has 0 spiro atoms. The van der Waals surface area contributed by atoms with E-state index in [0.717, 1.165) is 29.5 Å². The molecule has 0 aromatic heterocycles. The molecule has 0 radical (unpaired) electrons. The van der Waals surface area contributed by atoms with Crippen molar-refractivity contribution in [2.24, 2.45) is 0 Å². The third-order valence-corrected chi connectivity index (χ3v) is 4.12. The summed E-state index contributed by atoms with van der Waals surface area (Å²) in [6.07, 6.45) is 0. The summed E-state index contributed by atoms with van der Waals surface area (Å²) in [4.78, 5) is 2.14. The van der Waals surface area contributed by atoms with Crippen LogP contribution in [0.4, 0.5) is 15.8 Å². The molecule has 1 aromatic carbocycles. The van der Waals surface area contributed by atoms with Crippen molar-refractivity contribution in [2.75, 3.05) is 28.4 Å². The van der Waals surface area contributed by atoms with Gasteiger partial charge >= 0.3 is 0 Å². The Balaban J connectivity index is 2.19. The lowest BCUT2D eigenvalue weighted by atomic mass is 10.1. The number of anilines is 2. The van der Waals surface area contributed by atoms with E-state index in [4.69, 9.17) is 5.26 Å². The van der Waals surface area contributed by atoms with E-state index in [0.29, 0.717) is 6.04 Å². The average Bonchev–Trinajstić information content (AvgIpc) is 2.77. The summed E-state index contributed by atoms with van der Waals surface area (Å²) in [6, 6.07) is 5.42. The first-order valence-corrected chi connectivity index (χ1v) is 6.27. The van der Waals surface area contributed by atoms with Crippen LogP contribution < -0.4 is 10.2 Å². The van der Waals surface area contributed by atoms with Crippen LogP contribution in [0.5, 0.6) is 0 Å². The predicted molar refractivity (Wildman–Crippen MR) is 63.2 cm³/mol. The normalized spacial score (nSPS) is 22.0. The third kappa shape index (κ3) is 1.26. The van der Waals surface area contributed by atoms with Crippen molar-refractivity contribution >= 4 is 23.1 Å². The van der Waals surface area contributed by atoms with Crippen LogP contribution in [0.3, 0.4) is 0 Å². The van der Waals surface area contributed by atoms with Gasteiger partial charge in [0.2, 0.25) is 0 Å². The SMILES string of the molecule is N#Cc1c(F)ccc2c1N1CSC[C@@H]1CN2. The number of nitrogens with zero attached hydrogens (tertiary/aromatic N) is 2. The van der Waals surface area contributed by atoms with Gasteiger partial charge in [0, 0.05) is 12.3 Å². The number of nitriles is 1. The molecule has 0 aliphatic carbocycles. The minimum absolute atomic E-state index is 0.164. The van der Waals surface area contributed by atoms with E-state index < -0.39 is 5.82 Å². The molecule has 0 amide bonds. The van der Waals surface area contributed by atoms with E-state index in [2.05, 4.69) is 10.2 Å². The lowest BCUT2D eigenvalue weighted by Gasteiger charge is -2.34. The van der Waals surface area contributed by atoms with Crippen LogP contribution >= 0.6 is 11.8 Å². The summed E-state index contributed by atoms with van der Waals surface area (Å²) in [7, 11) is 0. The summed E-state index contributed by atoms with van der Waals surface area (Å²) >= 11 is 1.82. The zero-order valence-electron chi connectivity index (χ0n) is 8.53. The summed E-state index contributed by atoms with van der Waals surface area (Å²) in [5.74, 6) is 1.45. The summed E-state index contributed by atoms with van der Waals surface area (Å²) in [5.41, 5.74) is 1.78. The predicted octanol–water partition coefficient (Wildman–Crippen LogP) is 2.00. The molecule has 1 saturated heterocycles. The highest BCUT2D eigenvalue weighted by molar-refractivity contribution is 7.99. The van der Waals surface area contributed by atoms with Crippen LogP contribution in [0.1, 0.15) is 5.56 Å². The van der Waals surface area contributed by atoms with Crippen LogP contribution in [0, 0.1) is 17.1 Å². The molecule has 16 heavy (non-hydrogen) atoms. The molecule has 3 rings (SSSR count). The second-order valence-electron chi connectivity index (χ2n) is 3.93. The minimum atomic E-state index is -0.430. The fourth-order valence-electron chi connectivity index (χ4n) is 2.24. The van der Waals surface area contributed by atoms with Crippen molar-refractivity contribution in [3.63, 3.8) is 0 Å². The Bertz CT molecular complexity index is 483. The van der Waals surface area contributed by atoms with Crippen LogP contribution in [0.15, 0.2) is 12.1 Å². The molecule has 2 aliphatic rings. The van der Waals surface area contributed by atoms with Crippen molar-refractivity contribution in [1.29, 1.82) is 5.26 Å². The van der Waals surface area contributed by atoms with E-state index in [-0.39, 0.29) is 5.56 Å².